The molecule has 8 nitrogen and oxygen atoms in total. The van der Waals surface area contributed by atoms with Crippen LogP contribution in [0.3, 0.4) is 0 Å². The molecule has 1 aromatic carbocycles. The lowest BCUT2D eigenvalue weighted by Gasteiger charge is -2.39. The second-order valence-corrected chi connectivity index (χ2v) is 7.58. The standard InChI is InChI=1S/C20H18F4N6O2/c21-12-5-11(6-13(22)7-12)16-1-3-28-30(16)19(32)14-2-4-29(9-20(14,23)24)17-8-15(18(25)31)26-10-27-17/h3,5-8,10,14,16H,1-2,4,9H2,(H2,25,31)/t14-,16+/m0/s1. The lowest BCUT2D eigenvalue weighted by molar-refractivity contribution is -0.153. The van der Waals surface area contributed by atoms with Gasteiger partial charge in [-0.2, -0.15) is 5.10 Å². The number of piperidine rings is 1. The molecule has 4 rings (SSSR count). The number of alkyl halides is 2. The van der Waals surface area contributed by atoms with Crippen LogP contribution in [-0.2, 0) is 4.79 Å². The summed E-state index contributed by atoms with van der Waals surface area (Å²) in [4.78, 5) is 33.1. The Balaban J connectivity index is 1.53. The Morgan fingerprint density at radius 2 is 1.81 bits per heavy atom. The van der Waals surface area contributed by atoms with Crippen molar-refractivity contribution >= 4 is 23.8 Å². The van der Waals surface area contributed by atoms with Crippen LogP contribution in [0.4, 0.5) is 23.4 Å². The van der Waals surface area contributed by atoms with E-state index in [-0.39, 0.29) is 36.5 Å². The van der Waals surface area contributed by atoms with E-state index >= 15 is 8.78 Å². The van der Waals surface area contributed by atoms with Crippen molar-refractivity contribution in [3.63, 3.8) is 0 Å². The molecular weight excluding hydrogens is 432 g/mol. The number of anilines is 1. The van der Waals surface area contributed by atoms with Gasteiger partial charge in [-0.3, -0.25) is 9.59 Å². The van der Waals surface area contributed by atoms with Crippen molar-refractivity contribution < 1.29 is 27.2 Å². The summed E-state index contributed by atoms with van der Waals surface area (Å²) in [5.41, 5.74) is 5.19. The predicted molar refractivity (Wildman–Crippen MR) is 105 cm³/mol. The molecule has 0 unspecified atom stereocenters. The first-order valence-corrected chi connectivity index (χ1v) is 9.72. The van der Waals surface area contributed by atoms with Crippen LogP contribution >= 0.6 is 0 Å². The summed E-state index contributed by atoms with van der Waals surface area (Å²) in [6, 6.07) is 3.12. The minimum atomic E-state index is -3.46. The van der Waals surface area contributed by atoms with Crippen molar-refractivity contribution in [3.05, 3.63) is 53.5 Å². The van der Waals surface area contributed by atoms with Gasteiger partial charge in [0, 0.05) is 31.3 Å². The molecule has 3 heterocycles. The molecule has 168 valence electrons. The van der Waals surface area contributed by atoms with Gasteiger partial charge in [-0.15, -0.1) is 0 Å². The molecule has 2 amide bonds. The Labute approximate surface area is 179 Å². The van der Waals surface area contributed by atoms with Crippen LogP contribution < -0.4 is 10.6 Å². The van der Waals surface area contributed by atoms with Crippen molar-refractivity contribution in [2.45, 2.75) is 24.8 Å². The number of primary amides is 1. The number of hydrazone groups is 1. The number of hydrogen-bond donors (Lipinski definition) is 1. The number of rotatable bonds is 4. The zero-order chi connectivity index (χ0) is 23.0. The normalized spacial score (nSPS) is 22.2. The fourth-order valence-corrected chi connectivity index (χ4v) is 3.92. The highest BCUT2D eigenvalue weighted by molar-refractivity contribution is 5.91. The zero-order valence-corrected chi connectivity index (χ0v) is 16.6. The maximum atomic E-state index is 15.0. The third-order valence-electron chi connectivity index (χ3n) is 5.45. The summed E-state index contributed by atoms with van der Waals surface area (Å²) in [5.74, 6) is -8.48. The molecule has 1 saturated heterocycles. The summed E-state index contributed by atoms with van der Waals surface area (Å²) < 4.78 is 57.3. The highest BCUT2D eigenvalue weighted by Gasteiger charge is 2.51. The minimum Gasteiger partial charge on any atom is -0.364 e. The van der Waals surface area contributed by atoms with E-state index in [2.05, 4.69) is 15.1 Å². The molecule has 1 aromatic heterocycles. The third kappa shape index (κ3) is 4.12. The van der Waals surface area contributed by atoms with Crippen molar-refractivity contribution in [2.24, 2.45) is 16.8 Å². The number of benzene rings is 1. The van der Waals surface area contributed by atoms with Crippen LogP contribution in [0.1, 0.15) is 34.9 Å². The maximum Gasteiger partial charge on any atom is 0.276 e. The number of aromatic nitrogens is 2. The molecule has 12 heteroatoms. The number of carbonyl (C=O) groups excluding carboxylic acids is 2. The summed E-state index contributed by atoms with van der Waals surface area (Å²) in [7, 11) is 0. The topological polar surface area (TPSA) is 105 Å². The summed E-state index contributed by atoms with van der Waals surface area (Å²) >= 11 is 0. The van der Waals surface area contributed by atoms with Gasteiger partial charge in [-0.05, 0) is 24.1 Å². The molecule has 0 spiro atoms. The molecule has 32 heavy (non-hydrogen) atoms. The van der Waals surface area contributed by atoms with E-state index in [1.807, 2.05) is 0 Å². The van der Waals surface area contributed by atoms with E-state index in [0.29, 0.717) is 6.07 Å². The first kappa shape index (κ1) is 21.7. The van der Waals surface area contributed by atoms with Gasteiger partial charge in [0.25, 0.3) is 17.7 Å². The summed E-state index contributed by atoms with van der Waals surface area (Å²) in [6.07, 6.45) is 2.32. The average molecular weight is 450 g/mol. The van der Waals surface area contributed by atoms with Gasteiger partial charge in [0.2, 0.25) is 0 Å². The van der Waals surface area contributed by atoms with Gasteiger partial charge in [0.1, 0.15) is 35.4 Å². The lowest BCUT2D eigenvalue weighted by atomic mass is 9.90. The Kier molecular flexibility index (Phi) is 5.53. The lowest BCUT2D eigenvalue weighted by Crippen LogP contribution is -2.54. The van der Waals surface area contributed by atoms with Crippen LogP contribution in [0.5, 0.6) is 0 Å². The quantitative estimate of drug-likeness (QED) is 0.720. The van der Waals surface area contributed by atoms with E-state index in [1.54, 1.807) is 0 Å². The van der Waals surface area contributed by atoms with E-state index in [4.69, 9.17) is 5.73 Å². The summed E-state index contributed by atoms with van der Waals surface area (Å²) in [5, 5.41) is 4.77. The maximum absolute atomic E-state index is 15.0. The molecule has 0 radical (unpaired) electrons. The monoisotopic (exact) mass is 450 g/mol. The number of hydrogen-bond acceptors (Lipinski definition) is 6. The van der Waals surface area contributed by atoms with Gasteiger partial charge < -0.3 is 10.6 Å². The second-order valence-electron chi connectivity index (χ2n) is 7.58. The van der Waals surface area contributed by atoms with Gasteiger partial charge in [-0.1, -0.05) is 0 Å². The first-order valence-electron chi connectivity index (χ1n) is 9.72. The SMILES string of the molecule is NC(=O)c1cc(N2CC[C@@H](C(=O)N3N=CC[C@@H]3c3cc(F)cc(F)c3)C(F)(F)C2)ncn1. The van der Waals surface area contributed by atoms with E-state index in [0.717, 1.165) is 23.5 Å². The van der Waals surface area contributed by atoms with Crippen LogP contribution in [0.15, 0.2) is 35.7 Å². The van der Waals surface area contributed by atoms with Crippen LogP contribution in [-0.4, -0.2) is 52.0 Å². The largest absolute Gasteiger partial charge is 0.364 e. The predicted octanol–water partition coefficient (Wildman–Crippen LogP) is 2.27. The highest BCUT2D eigenvalue weighted by atomic mass is 19.3. The zero-order valence-electron chi connectivity index (χ0n) is 16.6. The van der Waals surface area contributed by atoms with E-state index in [1.165, 1.54) is 17.2 Å². The van der Waals surface area contributed by atoms with E-state index in [9.17, 15) is 18.4 Å². The third-order valence-corrected chi connectivity index (χ3v) is 5.45. The van der Waals surface area contributed by atoms with Gasteiger partial charge in [0.05, 0.1) is 12.6 Å². The molecule has 2 aromatic rings. The molecule has 2 aliphatic heterocycles. The molecule has 2 aliphatic rings. The number of carbonyl (C=O) groups is 2. The average Bonchev–Trinajstić information content (AvgIpc) is 3.22. The Hall–Kier alpha value is -3.57. The fraction of sp³-hybridized carbons (Fsp3) is 0.350. The van der Waals surface area contributed by atoms with Crippen LogP contribution in [0.25, 0.3) is 0 Å². The molecule has 0 bridgehead atoms. The number of halogens is 4. The number of nitrogens with zero attached hydrogens (tertiary/aromatic N) is 5. The number of amides is 2. The summed E-state index contributed by atoms with van der Waals surface area (Å²) in [6.45, 7) is -0.770. The molecule has 2 N–H and O–H groups in total. The van der Waals surface area contributed by atoms with Crippen molar-refractivity contribution in [2.75, 3.05) is 18.0 Å². The van der Waals surface area contributed by atoms with Gasteiger partial charge in [-0.25, -0.2) is 32.5 Å². The molecule has 2 atom stereocenters. The Morgan fingerprint density at radius 3 is 2.47 bits per heavy atom. The number of nitrogens with two attached hydrogens (primary N) is 1. The fourth-order valence-electron chi connectivity index (χ4n) is 3.92. The van der Waals surface area contributed by atoms with E-state index < -0.39 is 47.9 Å². The van der Waals surface area contributed by atoms with Gasteiger partial charge >= 0.3 is 0 Å². The Morgan fingerprint density at radius 1 is 1.09 bits per heavy atom. The van der Waals surface area contributed by atoms with Gasteiger partial charge in [0.15, 0.2) is 0 Å². The van der Waals surface area contributed by atoms with Crippen LogP contribution in [0.2, 0.25) is 0 Å². The molecule has 0 saturated carbocycles. The van der Waals surface area contributed by atoms with Crippen molar-refractivity contribution in [1.82, 2.24) is 15.0 Å². The molecule has 0 aliphatic carbocycles. The van der Waals surface area contributed by atoms with Crippen molar-refractivity contribution in [3.8, 4) is 0 Å². The molecule has 1 fully saturated rings. The smallest absolute Gasteiger partial charge is 0.276 e. The minimum absolute atomic E-state index is 0.0536. The van der Waals surface area contributed by atoms with Crippen molar-refractivity contribution in [1.29, 1.82) is 0 Å². The highest BCUT2D eigenvalue weighted by Crippen LogP contribution is 2.39. The second kappa shape index (κ2) is 8.17. The Bertz CT molecular complexity index is 1080. The van der Waals surface area contributed by atoms with Crippen LogP contribution in [0, 0.1) is 17.6 Å². The molecular formula is C20H18F4N6O2. The first-order chi connectivity index (χ1) is 15.2.